The lowest BCUT2D eigenvalue weighted by atomic mass is 9.93. The molecular formula is C15H18ClNO3. The summed E-state index contributed by atoms with van der Waals surface area (Å²) in [7, 11) is 0. The summed E-state index contributed by atoms with van der Waals surface area (Å²) in [5.41, 5.74) is 1.37. The van der Waals surface area contributed by atoms with Gasteiger partial charge in [-0.1, -0.05) is 31.0 Å². The maximum atomic E-state index is 12.0. The summed E-state index contributed by atoms with van der Waals surface area (Å²) in [6.07, 6.45) is 0.982. The lowest BCUT2D eigenvalue weighted by molar-refractivity contribution is -0.125. The zero-order chi connectivity index (χ0) is 14.7. The minimum Gasteiger partial charge on any atom is -0.393 e. The number of fused-ring (bicyclic) bond motifs is 1. The Morgan fingerprint density at radius 2 is 2.25 bits per heavy atom. The van der Waals surface area contributed by atoms with E-state index in [1.165, 1.54) is 0 Å². The number of hydrogen-bond donors (Lipinski definition) is 2. The van der Waals surface area contributed by atoms with Crippen LogP contribution in [0.4, 0.5) is 5.69 Å². The molecule has 1 aromatic carbocycles. The molecule has 0 aromatic heterocycles. The molecular weight excluding hydrogens is 278 g/mol. The number of carbonyl (C=O) groups is 2. The maximum Gasteiger partial charge on any atom is 0.232 e. The largest absolute Gasteiger partial charge is 0.393 e. The Kier molecular flexibility index (Phi) is 4.78. The van der Waals surface area contributed by atoms with Crippen molar-refractivity contribution < 1.29 is 14.7 Å². The SMILES string of the molecule is CCC[C@@H](O)CC(=O)C[C@H]1C(=O)Nc2cccc(Cl)c21. The highest BCUT2D eigenvalue weighted by molar-refractivity contribution is 6.32. The average molecular weight is 296 g/mol. The van der Waals surface area contributed by atoms with Crippen molar-refractivity contribution in [2.24, 2.45) is 0 Å². The fourth-order valence-electron chi connectivity index (χ4n) is 2.55. The third-order valence-electron chi connectivity index (χ3n) is 3.49. The number of rotatable bonds is 6. The van der Waals surface area contributed by atoms with Gasteiger partial charge in [0.1, 0.15) is 5.78 Å². The highest BCUT2D eigenvalue weighted by atomic mass is 35.5. The van der Waals surface area contributed by atoms with Crippen LogP contribution in [0.5, 0.6) is 0 Å². The summed E-state index contributed by atoms with van der Waals surface area (Å²) >= 11 is 6.12. The monoisotopic (exact) mass is 295 g/mol. The quantitative estimate of drug-likeness (QED) is 0.848. The molecule has 108 valence electrons. The van der Waals surface area contributed by atoms with Crippen LogP contribution in [0.15, 0.2) is 18.2 Å². The maximum absolute atomic E-state index is 12.0. The molecule has 1 aliphatic heterocycles. The lowest BCUT2D eigenvalue weighted by Gasteiger charge is -2.12. The third-order valence-corrected chi connectivity index (χ3v) is 3.82. The molecule has 2 rings (SSSR count). The van der Waals surface area contributed by atoms with Gasteiger partial charge in [0.15, 0.2) is 0 Å². The topological polar surface area (TPSA) is 66.4 Å². The summed E-state index contributed by atoms with van der Waals surface area (Å²) in [5, 5.41) is 12.9. The van der Waals surface area contributed by atoms with Crippen molar-refractivity contribution in [1.29, 1.82) is 0 Å². The minimum atomic E-state index is -0.623. The molecule has 5 heteroatoms. The van der Waals surface area contributed by atoms with Gasteiger partial charge < -0.3 is 10.4 Å². The fraction of sp³-hybridized carbons (Fsp3) is 0.467. The molecule has 0 fully saturated rings. The smallest absolute Gasteiger partial charge is 0.232 e. The van der Waals surface area contributed by atoms with E-state index in [4.69, 9.17) is 11.6 Å². The molecule has 1 aromatic rings. The number of ketones is 1. The fourth-order valence-corrected chi connectivity index (χ4v) is 2.86. The van der Waals surface area contributed by atoms with Crippen molar-refractivity contribution in [3.8, 4) is 0 Å². The van der Waals surface area contributed by atoms with Gasteiger partial charge in [-0.15, -0.1) is 0 Å². The van der Waals surface area contributed by atoms with Gasteiger partial charge in [-0.3, -0.25) is 9.59 Å². The molecule has 0 saturated carbocycles. The molecule has 20 heavy (non-hydrogen) atoms. The predicted octanol–water partition coefficient (Wildman–Crippen LogP) is 2.89. The molecule has 1 amide bonds. The molecule has 1 aliphatic rings. The molecule has 0 radical (unpaired) electrons. The molecule has 0 bridgehead atoms. The van der Waals surface area contributed by atoms with E-state index in [9.17, 15) is 14.7 Å². The number of nitrogens with one attached hydrogen (secondary N) is 1. The van der Waals surface area contributed by atoms with Gasteiger partial charge in [-0.25, -0.2) is 0 Å². The van der Waals surface area contributed by atoms with Crippen LogP contribution in [0.1, 0.15) is 44.1 Å². The summed E-state index contributed by atoms with van der Waals surface area (Å²) < 4.78 is 0. The number of benzene rings is 1. The first kappa shape index (κ1) is 15.0. The third kappa shape index (κ3) is 3.19. The Bertz CT molecular complexity index is 530. The van der Waals surface area contributed by atoms with Crippen LogP contribution in [0, 0.1) is 0 Å². The minimum absolute atomic E-state index is 0.0866. The van der Waals surface area contributed by atoms with Gasteiger partial charge in [-0.05, 0) is 18.6 Å². The molecule has 2 atom stereocenters. The van der Waals surface area contributed by atoms with Gasteiger partial charge in [0.05, 0.1) is 12.0 Å². The van der Waals surface area contributed by atoms with Crippen LogP contribution in [-0.4, -0.2) is 22.9 Å². The summed E-state index contributed by atoms with van der Waals surface area (Å²) in [4.78, 5) is 23.9. The number of hydrogen-bond acceptors (Lipinski definition) is 3. The Balaban J connectivity index is 2.07. The number of Topliss-reactive ketones (excluding diaryl/α,β-unsaturated/α-hetero) is 1. The molecule has 2 N–H and O–H groups in total. The summed E-state index contributed by atoms with van der Waals surface area (Å²) in [6, 6.07) is 5.25. The normalized spacial score (nSPS) is 18.6. The number of aliphatic hydroxyl groups is 1. The zero-order valence-corrected chi connectivity index (χ0v) is 12.1. The van der Waals surface area contributed by atoms with Crippen molar-refractivity contribution in [2.75, 3.05) is 5.32 Å². The van der Waals surface area contributed by atoms with Crippen molar-refractivity contribution in [3.05, 3.63) is 28.8 Å². The molecule has 0 saturated heterocycles. The van der Waals surface area contributed by atoms with E-state index >= 15 is 0 Å². The number of carbonyl (C=O) groups excluding carboxylic acids is 2. The summed E-state index contributed by atoms with van der Waals surface area (Å²) in [6.45, 7) is 1.95. The lowest BCUT2D eigenvalue weighted by Crippen LogP contribution is -2.19. The van der Waals surface area contributed by atoms with Crippen molar-refractivity contribution >= 4 is 29.0 Å². The second-order valence-electron chi connectivity index (χ2n) is 5.13. The number of halogens is 1. The Morgan fingerprint density at radius 1 is 1.50 bits per heavy atom. The molecule has 0 spiro atoms. The van der Waals surface area contributed by atoms with E-state index in [0.717, 1.165) is 6.42 Å². The van der Waals surface area contributed by atoms with E-state index in [1.807, 2.05) is 6.92 Å². The van der Waals surface area contributed by atoms with Crippen LogP contribution in [0.2, 0.25) is 5.02 Å². The average Bonchev–Trinajstić information content (AvgIpc) is 2.67. The Labute approximate surface area is 123 Å². The van der Waals surface area contributed by atoms with E-state index < -0.39 is 12.0 Å². The van der Waals surface area contributed by atoms with Crippen LogP contribution >= 0.6 is 11.6 Å². The zero-order valence-electron chi connectivity index (χ0n) is 11.4. The van der Waals surface area contributed by atoms with Gasteiger partial charge in [0.25, 0.3) is 0 Å². The van der Waals surface area contributed by atoms with E-state index in [0.29, 0.717) is 22.7 Å². The van der Waals surface area contributed by atoms with Crippen LogP contribution in [-0.2, 0) is 9.59 Å². The molecule has 4 nitrogen and oxygen atoms in total. The van der Waals surface area contributed by atoms with Crippen molar-refractivity contribution in [1.82, 2.24) is 0 Å². The van der Waals surface area contributed by atoms with Crippen LogP contribution in [0.25, 0.3) is 0 Å². The highest BCUT2D eigenvalue weighted by Gasteiger charge is 2.34. The molecule has 0 unspecified atom stereocenters. The van der Waals surface area contributed by atoms with E-state index in [1.54, 1.807) is 18.2 Å². The summed E-state index contributed by atoms with van der Waals surface area (Å²) in [5.74, 6) is -0.856. The Morgan fingerprint density at radius 3 is 2.95 bits per heavy atom. The first-order chi connectivity index (χ1) is 9.52. The number of aliphatic hydroxyl groups excluding tert-OH is 1. The molecule has 0 aliphatic carbocycles. The first-order valence-corrected chi connectivity index (χ1v) is 7.19. The van der Waals surface area contributed by atoms with Crippen molar-refractivity contribution in [3.63, 3.8) is 0 Å². The van der Waals surface area contributed by atoms with Gasteiger partial charge >= 0.3 is 0 Å². The number of anilines is 1. The van der Waals surface area contributed by atoms with E-state index in [-0.39, 0.29) is 24.5 Å². The standard InChI is InChI=1S/C15H18ClNO3/c1-2-4-9(18)7-10(19)8-11-14-12(16)5-3-6-13(14)17-15(11)20/h3,5-6,9,11,18H,2,4,7-8H2,1H3,(H,17,20)/t9-,11-/m1/s1. The first-order valence-electron chi connectivity index (χ1n) is 6.82. The number of amides is 1. The molecule has 1 heterocycles. The predicted molar refractivity (Wildman–Crippen MR) is 78.0 cm³/mol. The van der Waals surface area contributed by atoms with Crippen LogP contribution in [0.3, 0.4) is 0 Å². The van der Waals surface area contributed by atoms with Crippen molar-refractivity contribution in [2.45, 2.75) is 44.6 Å². The van der Waals surface area contributed by atoms with E-state index in [2.05, 4.69) is 5.32 Å². The van der Waals surface area contributed by atoms with Gasteiger partial charge in [0.2, 0.25) is 5.91 Å². The highest BCUT2D eigenvalue weighted by Crippen LogP contribution is 2.39. The second-order valence-corrected chi connectivity index (χ2v) is 5.54. The van der Waals surface area contributed by atoms with Gasteiger partial charge in [0, 0.05) is 29.1 Å². The second kappa shape index (κ2) is 6.37. The van der Waals surface area contributed by atoms with Gasteiger partial charge in [-0.2, -0.15) is 0 Å². The van der Waals surface area contributed by atoms with Crippen LogP contribution < -0.4 is 5.32 Å². The Hall–Kier alpha value is -1.39.